The van der Waals surface area contributed by atoms with Crippen LogP contribution in [0.25, 0.3) is 0 Å². The molecule has 1 aliphatic rings. The van der Waals surface area contributed by atoms with Crippen molar-refractivity contribution in [3.8, 4) is 5.88 Å². The Bertz CT molecular complexity index is 434. The molecule has 0 saturated carbocycles. The lowest BCUT2D eigenvalue weighted by Gasteiger charge is -2.32. The number of aromatic nitrogens is 2. The quantitative estimate of drug-likeness (QED) is 0.887. The summed E-state index contributed by atoms with van der Waals surface area (Å²) >= 11 is 3.45. The highest BCUT2D eigenvalue weighted by atomic mass is 79.9. The molecule has 0 bridgehead atoms. The summed E-state index contributed by atoms with van der Waals surface area (Å²) in [5.41, 5.74) is 0. The van der Waals surface area contributed by atoms with E-state index in [0.717, 1.165) is 30.3 Å². The van der Waals surface area contributed by atoms with E-state index in [9.17, 15) is 0 Å². The monoisotopic (exact) mass is 343 g/mol. The fourth-order valence-corrected chi connectivity index (χ4v) is 2.64. The lowest BCUT2D eigenvalue weighted by Crippen LogP contribution is -2.36. The smallest absolute Gasteiger partial charge is 0.233 e. The van der Waals surface area contributed by atoms with Crippen LogP contribution in [0.15, 0.2) is 10.7 Å². The summed E-state index contributed by atoms with van der Waals surface area (Å²) in [6, 6.07) is 0. The van der Waals surface area contributed by atoms with Gasteiger partial charge in [-0.2, -0.15) is 4.98 Å². The Morgan fingerprint density at radius 1 is 1.40 bits per heavy atom. The Morgan fingerprint density at radius 2 is 2.10 bits per heavy atom. The van der Waals surface area contributed by atoms with Crippen molar-refractivity contribution in [2.45, 2.75) is 58.3 Å². The summed E-state index contributed by atoms with van der Waals surface area (Å²) in [4.78, 5) is 8.65. The van der Waals surface area contributed by atoms with E-state index >= 15 is 0 Å². The van der Waals surface area contributed by atoms with Gasteiger partial charge in [-0.1, -0.05) is 6.92 Å². The predicted molar refractivity (Wildman–Crippen MR) is 82.2 cm³/mol. The Labute approximate surface area is 128 Å². The lowest BCUT2D eigenvalue weighted by atomic mass is 10.0. The largest absolute Gasteiger partial charge is 0.473 e. The highest BCUT2D eigenvalue weighted by Crippen LogP contribution is 2.28. The first-order chi connectivity index (χ1) is 9.58. The first kappa shape index (κ1) is 15.5. The maximum atomic E-state index is 6.03. The molecule has 0 aliphatic carbocycles. The second-order valence-electron chi connectivity index (χ2n) is 5.24. The molecule has 1 N–H and O–H groups in total. The zero-order valence-corrected chi connectivity index (χ0v) is 13.8. The van der Waals surface area contributed by atoms with Crippen LogP contribution in [0.4, 0.5) is 5.95 Å². The minimum Gasteiger partial charge on any atom is -0.473 e. The van der Waals surface area contributed by atoms with Gasteiger partial charge in [0.25, 0.3) is 0 Å². The van der Waals surface area contributed by atoms with Gasteiger partial charge in [0, 0.05) is 19.4 Å². The van der Waals surface area contributed by atoms with Gasteiger partial charge in [0.15, 0.2) is 0 Å². The molecule has 1 aromatic heterocycles. The van der Waals surface area contributed by atoms with Crippen LogP contribution in [0.5, 0.6) is 5.88 Å². The van der Waals surface area contributed by atoms with Gasteiger partial charge in [0.05, 0.1) is 22.9 Å². The molecule has 0 spiro atoms. The SMILES string of the molecule is CCCNc1ncc(Br)c(OC2CC(C)OC(C)C2)n1. The van der Waals surface area contributed by atoms with Crippen LogP contribution in [0.2, 0.25) is 0 Å². The van der Waals surface area contributed by atoms with Crippen molar-refractivity contribution in [3.05, 3.63) is 10.7 Å². The van der Waals surface area contributed by atoms with E-state index in [0.29, 0.717) is 11.8 Å². The molecular formula is C14H22BrN3O2. The maximum Gasteiger partial charge on any atom is 0.233 e. The molecule has 112 valence electrons. The molecule has 1 fully saturated rings. The molecule has 0 aromatic carbocycles. The van der Waals surface area contributed by atoms with E-state index in [1.54, 1.807) is 6.20 Å². The van der Waals surface area contributed by atoms with Gasteiger partial charge in [0.1, 0.15) is 6.10 Å². The van der Waals surface area contributed by atoms with Crippen LogP contribution in [0.3, 0.4) is 0 Å². The molecule has 2 atom stereocenters. The fraction of sp³-hybridized carbons (Fsp3) is 0.714. The van der Waals surface area contributed by atoms with Gasteiger partial charge >= 0.3 is 0 Å². The molecule has 1 aromatic rings. The molecule has 1 aliphatic heterocycles. The molecule has 2 unspecified atom stereocenters. The first-order valence-electron chi connectivity index (χ1n) is 7.17. The molecule has 1 saturated heterocycles. The zero-order valence-electron chi connectivity index (χ0n) is 12.2. The van der Waals surface area contributed by atoms with E-state index in [4.69, 9.17) is 9.47 Å². The molecular weight excluding hydrogens is 322 g/mol. The van der Waals surface area contributed by atoms with Crippen molar-refractivity contribution in [1.29, 1.82) is 0 Å². The molecule has 2 heterocycles. The third kappa shape index (κ3) is 4.31. The lowest BCUT2D eigenvalue weighted by molar-refractivity contribution is -0.0731. The minimum atomic E-state index is 0.138. The molecule has 6 heteroatoms. The fourth-order valence-electron chi connectivity index (χ4n) is 2.35. The van der Waals surface area contributed by atoms with Crippen LogP contribution in [0, 0.1) is 0 Å². The first-order valence-corrected chi connectivity index (χ1v) is 7.96. The van der Waals surface area contributed by atoms with E-state index < -0.39 is 0 Å². The van der Waals surface area contributed by atoms with E-state index in [-0.39, 0.29) is 18.3 Å². The number of nitrogens with zero attached hydrogens (tertiary/aromatic N) is 2. The van der Waals surface area contributed by atoms with Crippen molar-refractivity contribution in [2.75, 3.05) is 11.9 Å². The Balaban J connectivity index is 2.03. The van der Waals surface area contributed by atoms with Crippen LogP contribution in [-0.4, -0.2) is 34.8 Å². The van der Waals surface area contributed by atoms with E-state index in [1.807, 2.05) is 0 Å². The van der Waals surface area contributed by atoms with Gasteiger partial charge in [-0.3, -0.25) is 0 Å². The number of anilines is 1. The number of rotatable bonds is 5. The molecule has 2 rings (SSSR count). The molecule has 20 heavy (non-hydrogen) atoms. The third-order valence-corrected chi connectivity index (χ3v) is 3.72. The molecule has 5 nitrogen and oxygen atoms in total. The predicted octanol–water partition coefficient (Wildman–Crippen LogP) is 3.40. The van der Waals surface area contributed by atoms with Crippen LogP contribution < -0.4 is 10.1 Å². The van der Waals surface area contributed by atoms with Crippen molar-refractivity contribution < 1.29 is 9.47 Å². The molecule has 0 radical (unpaired) electrons. The highest BCUT2D eigenvalue weighted by Gasteiger charge is 2.26. The average molecular weight is 344 g/mol. The number of nitrogens with one attached hydrogen (secondary N) is 1. The van der Waals surface area contributed by atoms with Gasteiger partial charge < -0.3 is 14.8 Å². The normalized spacial score (nSPS) is 26.3. The summed E-state index contributed by atoms with van der Waals surface area (Å²) in [5, 5.41) is 3.17. The van der Waals surface area contributed by atoms with Crippen molar-refractivity contribution in [3.63, 3.8) is 0 Å². The van der Waals surface area contributed by atoms with Crippen molar-refractivity contribution in [1.82, 2.24) is 9.97 Å². The maximum absolute atomic E-state index is 6.03. The van der Waals surface area contributed by atoms with Gasteiger partial charge in [-0.05, 0) is 36.2 Å². The van der Waals surface area contributed by atoms with E-state index in [2.05, 4.69) is 52.0 Å². The molecule has 0 amide bonds. The Kier molecular flexibility index (Phi) is 5.60. The number of hydrogen-bond acceptors (Lipinski definition) is 5. The number of ether oxygens (including phenoxy) is 2. The summed E-state index contributed by atoms with van der Waals surface area (Å²) in [7, 11) is 0. The summed E-state index contributed by atoms with van der Waals surface area (Å²) < 4.78 is 12.5. The Hall–Kier alpha value is -0.880. The van der Waals surface area contributed by atoms with Gasteiger partial charge in [-0.15, -0.1) is 0 Å². The van der Waals surface area contributed by atoms with Crippen molar-refractivity contribution >= 4 is 21.9 Å². The number of halogens is 1. The minimum absolute atomic E-state index is 0.138. The second-order valence-corrected chi connectivity index (χ2v) is 6.10. The van der Waals surface area contributed by atoms with Crippen LogP contribution in [-0.2, 0) is 4.74 Å². The topological polar surface area (TPSA) is 56.3 Å². The van der Waals surface area contributed by atoms with Gasteiger partial charge in [-0.25, -0.2) is 4.98 Å². The standard InChI is InChI=1S/C14H22BrN3O2/c1-4-5-16-14-17-8-12(15)13(18-14)20-11-6-9(2)19-10(3)7-11/h8-11H,4-7H2,1-3H3,(H,16,17,18). The number of hydrogen-bond donors (Lipinski definition) is 1. The highest BCUT2D eigenvalue weighted by molar-refractivity contribution is 9.10. The second kappa shape index (κ2) is 7.22. The van der Waals surface area contributed by atoms with Crippen molar-refractivity contribution in [2.24, 2.45) is 0 Å². The summed E-state index contributed by atoms with van der Waals surface area (Å²) in [6.07, 6.45) is 5.12. The van der Waals surface area contributed by atoms with Crippen LogP contribution in [0.1, 0.15) is 40.0 Å². The zero-order chi connectivity index (χ0) is 14.5. The Morgan fingerprint density at radius 3 is 2.75 bits per heavy atom. The van der Waals surface area contributed by atoms with Crippen LogP contribution >= 0.6 is 15.9 Å². The summed E-state index contributed by atoms with van der Waals surface area (Å²) in [6.45, 7) is 7.12. The summed E-state index contributed by atoms with van der Waals surface area (Å²) in [5.74, 6) is 1.21. The average Bonchev–Trinajstić information content (AvgIpc) is 2.38. The van der Waals surface area contributed by atoms with Gasteiger partial charge in [0.2, 0.25) is 11.8 Å². The third-order valence-electron chi connectivity index (χ3n) is 3.18. The van der Waals surface area contributed by atoms with E-state index in [1.165, 1.54) is 0 Å².